The summed E-state index contributed by atoms with van der Waals surface area (Å²) in [6, 6.07) is 11.9. The molecule has 1 aliphatic heterocycles. The summed E-state index contributed by atoms with van der Waals surface area (Å²) in [6.45, 7) is 3.90. The van der Waals surface area contributed by atoms with Crippen LogP contribution < -0.4 is 4.74 Å². The monoisotopic (exact) mass is 662 g/mol. The van der Waals surface area contributed by atoms with Crippen molar-refractivity contribution in [3.63, 3.8) is 0 Å². The Morgan fingerprint density at radius 2 is 1.48 bits per heavy atom. The molecule has 2 aromatic rings. The lowest BCUT2D eigenvalue weighted by atomic mass is 9.86. The van der Waals surface area contributed by atoms with Gasteiger partial charge in [0.15, 0.2) is 12.2 Å². The van der Waals surface area contributed by atoms with Crippen LogP contribution in [-0.2, 0) is 55.1 Å². The molecule has 13 heteroatoms. The van der Waals surface area contributed by atoms with Crippen molar-refractivity contribution >= 4 is 35.5 Å². The molecule has 46 heavy (non-hydrogen) atoms. The number of ether oxygens (including phenoxy) is 6. The molecule has 4 rings (SSSR count). The van der Waals surface area contributed by atoms with Gasteiger partial charge < -0.3 is 38.6 Å². The van der Waals surface area contributed by atoms with Gasteiger partial charge in [-0.3, -0.25) is 19.2 Å². The second kappa shape index (κ2) is 14.8. The number of carbonyl (C=O) groups excluding carboxylic acids is 4. The zero-order valence-corrected chi connectivity index (χ0v) is 26.9. The number of esters is 4. The predicted octanol–water partition coefficient (Wildman–Crippen LogP) is 3.52. The highest BCUT2D eigenvalue weighted by Gasteiger charge is 2.60. The molecule has 1 aliphatic carbocycles. The van der Waals surface area contributed by atoms with Crippen molar-refractivity contribution in [2.24, 2.45) is 0 Å². The van der Waals surface area contributed by atoms with Gasteiger partial charge in [-0.15, -0.1) is 0 Å². The summed E-state index contributed by atoms with van der Waals surface area (Å²) in [7, 11) is 0. The largest absolute Gasteiger partial charge is 0.485 e. The zero-order chi connectivity index (χ0) is 33.6. The van der Waals surface area contributed by atoms with Gasteiger partial charge in [0.2, 0.25) is 11.9 Å². The molecular weight excluding hydrogens is 624 g/mol. The number of benzene rings is 2. The van der Waals surface area contributed by atoms with Crippen LogP contribution in [0.25, 0.3) is 0 Å². The van der Waals surface area contributed by atoms with Crippen LogP contribution in [0.15, 0.2) is 42.5 Å². The van der Waals surface area contributed by atoms with E-state index in [9.17, 15) is 29.4 Å². The molecule has 0 radical (unpaired) electrons. The summed E-state index contributed by atoms with van der Waals surface area (Å²) in [6.07, 6.45) is -2.16. The maximum absolute atomic E-state index is 12.3. The molecule has 1 saturated heterocycles. The molecule has 0 bridgehead atoms. The van der Waals surface area contributed by atoms with Crippen LogP contribution in [0.3, 0.4) is 0 Å². The van der Waals surface area contributed by atoms with Crippen molar-refractivity contribution in [3.05, 3.63) is 64.2 Å². The Bertz CT molecular complexity index is 1420. The third-order valence-electron chi connectivity index (χ3n) is 7.97. The minimum Gasteiger partial charge on any atom is -0.485 e. The molecule has 2 aliphatic rings. The highest BCUT2D eigenvalue weighted by molar-refractivity contribution is 6.31. The molecule has 0 amide bonds. The van der Waals surface area contributed by atoms with E-state index in [1.807, 2.05) is 24.3 Å². The maximum atomic E-state index is 12.3. The summed E-state index contributed by atoms with van der Waals surface area (Å²) < 4.78 is 33.7. The van der Waals surface area contributed by atoms with E-state index in [1.165, 1.54) is 12.1 Å². The van der Waals surface area contributed by atoms with E-state index in [4.69, 9.17) is 40.0 Å². The van der Waals surface area contributed by atoms with Crippen molar-refractivity contribution in [2.75, 3.05) is 13.2 Å². The molecule has 1 saturated carbocycles. The van der Waals surface area contributed by atoms with Crippen LogP contribution in [-0.4, -0.2) is 77.3 Å². The molecule has 12 nitrogen and oxygen atoms in total. The fourth-order valence-electron chi connectivity index (χ4n) is 5.90. The van der Waals surface area contributed by atoms with Gasteiger partial charge in [-0.2, -0.15) is 0 Å². The van der Waals surface area contributed by atoms with Gasteiger partial charge in [0.25, 0.3) is 0 Å². The Labute approximate surface area is 271 Å². The Balaban J connectivity index is 1.69. The van der Waals surface area contributed by atoms with E-state index >= 15 is 0 Å². The molecule has 0 spiro atoms. The molecule has 5 atom stereocenters. The van der Waals surface area contributed by atoms with E-state index in [2.05, 4.69) is 0 Å². The number of carbonyl (C=O) groups is 4. The molecule has 2 N–H and O–H groups in total. The Morgan fingerprint density at radius 1 is 0.870 bits per heavy atom. The smallest absolute Gasteiger partial charge is 0.303 e. The van der Waals surface area contributed by atoms with Crippen molar-refractivity contribution < 1.29 is 57.8 Å². The molecule has 0 unspecified atom stereocenters. The maximum Gasteiger partial charge on any atom is 0.303 e. The van der Waals surface area contributed by atoms with Gasteiger partial charge in [-0.1, -0.05) is 29.8 Å². The number of hydrogen-bond acceptors (Lipinski definition) is 12. The van der Waals surface area contributed by atoms with Crippen molar-refractivity contribution in [3.8, 4) is 5.75 Å². The lowest BCUT2D eigenvalue weighted by molar-refractivity contribution is -0.360. The third-order valence-corrected chi connectivity index (χ3v) is 8.34. The van der Waals surface area contributed by atoms with Crippen LogP contribution in [0.4, 0.5) is 0 Å². The van der Waals surface area contributed by atoms with Gasteiger partial charge in [0.05, 0.1) is 6.61 Å². The first kappa shape index (κ1) is 35.1. The summed E-state index contributed by atoms with van der Waals surface area (Å²) in [5.74, 6) is -4.99. The SMILES string of the molecule is CC(=O)OC[C@H]1O[C@@](O)(c2ccc(Cl)c(Cc3ccc(OC4(CO)CCCC4)cc3)c2)[C@H](OC(C)=O)[C@@H](OC(C)=O)[C@@H]1OC(C)=O. The average Bonchev–Trinajstić information content (AvgIpc) is 3.46. The van der Waals surface area contributed by atoms with Gasteiger partial charge in [-0.05, 0) is 67.5 Å². The lowest BCUT2D eigenvalue weighted by Gasteiger charge is -2.48. The standard InChI is InChI=1S/C33H39ClO12/c1-19(36)41-17-28-29(42-20(2)37)30(43-21(3)38)31(44-22(4)39)33(40,46-28)25-9-12-27(34)24(16-25)15-23-7-10-26(11-8-23)45-32(18-35)13-5-6-14-32/h7-12,16,28-31,35,40H,5-6,13-15,17-18H2,1-4H3/t28-,29-,30+,31-,33+/m1/s1. The van der Waals surface area contributed by atoms with E-state index < -0.39 is 66.3 Å². The number of aliphatic hydroxyl groups excluding tert-OH is 1. The predicted molar refractivity (Wildman–Crippen MR) is 162 cm³/mol. The number of halogens is 1. The van der Waals surface area contributed by atoms with Crippen LogP contribution in [0, 0.1) is 0 Å². The minimum atomic E-state index is -2.48. The quantitative estimate of drug-likeness (QED) is 0.266. The first-order chi connectivity index (χ1) is 21.7. The number of hydrogen-bond donors (Lipinski definition) is 2. The molecular formula is C33H39ClO12. The lowest BCUT2D eigenvalue weighted by Crippen LogP contribution is -2.66. The Hall–Kier alpha value is -3.71. The second-order valence-corrected chi connectivity index (χ2v) is 12.0. The zero-order valence-electron chi connectivity index (χ0n) is 26.2. The molecule has 2 fully saturated rings. The van der Waals surface area contributed by atoms with Crippen LogP contribution >= 0.6 is 11.6 Å². The summed E-state index contributed by atoms with van der Waals surface area (Å²) in [5, 5.41) is 22.4. The highest BCUT2D eigenvalue weighted by Crippen LogP contribution is 2.42. The highest BCUT2D eigenvalue weighted by atomic mass is 35.5. The van der Waals surface area contributed by atoms with E-state index in [-0.39, 0.29) is 12.2 Å². The van der Waals surface area contributed by atoms with Crippen LogP contribution in [0.2, 0.25) is 5.02 Å². The number of aliphatic hydroxyl groups is 2. The Kier molecular flexibility index (Phi) is 11.3. The topological polar surface area (TPSA) is 164 Å². The molecule has 0 aromatic heterocycles. The van der Waals surface area contributed by atoms with Crippen molar-refractivity contribution in [1.82, 2.24) is 0 Å². The van der Waals surface area contributed by atoms with E-state index in [0.717, 1.165) is 58.9 Å². The van der Waals surface area contributed by atoms with Crippen molar-refractivity contribution in [1.29, 1.82) is 0 Å². The summed E-state index contributed by atoms with van der Waals surface area (Å²) in [5.41, 5.74) is 0.926. The van der Waals surface area contributed by atoms with Gasteiger partial charge >= 0.3 is 23.9 Å². The summed E-state index contributed by atoms with van der Waals surface area (Å²) in [4.78, 5) is 48.2. The summed E-state index contributed by atoms with van der Waals surface area (Å²) >= 11 is 6.58. The number of rotatable bonds is 11. The fraction of sp³-hybridized carbons (Fsp3) is 0.515. The fourth-order valence-corrected chi connectivity index (χ4v) is 6.09. The van der Waals surface area contributed by atoms with Crippen LogP contribution in [0.5, 0.6) is 5.75 Å². The van der Waals surface area contributed by atoms with Gasteiger partial charge in [0.1, 0.15) is 24.1 Å². The second-order valence-electron chi connectivity index (χ2n) is 11.6. The minimum absolute atomic E-state index is 0.0574. The first-order valence-corrected chi connectivity index (χ1v) is 15.4. The normalized spacial score (nSPS) is 25.3. The van der Waals surface area contributed by atoms with E-state index in [0.29, 0.717) is 22.8 Å². The third kappa shape index (κ3) is 8.35. The van der Waals surface area contributed by atoms with E-state index in [1.54, 1.807) is 6.07 Å². The van der Waals surface area contributed by atoms with Crippen LogP contribution in [0.1, 0.15) is 70.1 Å². The van der Waals surface area contributed by atoms with Gasteiger partial charge in [-0.25, -0.2) is 0 Å². The first-order valence-electron chi connectivity index (χ1n) is 15.0. The van der Waals surface area contributed by atoms with Gasteiger partial charge in [0, 0.05) is 38.3 Å². The Morgan fingerprint density at radius 3 is 2.04 bits per heavy atom. The molecule has 1 heterocycles. The average molecular weight is 663 g/mol. The van der Waals surface area contributed by atoms with Crippen molar-refractivity contribution in [2.45, 2.75) is 95.6 Å². The molecule has 2 aromatic carbocycles. The molecule has 250 valence electrons.